The van der Waals surface area contributed by atoms with Crippen molar-refractivity contribution in [3.05, 3.63) is 120 Å². The summed E-state index contributed by atoms with van der Waals surface area (Å²) >= 11 is 0. The Morgan fingerprint density at radius 3 is 1.76 bits per heavy atom. The number of carbonyl (C=O) groups is 2. The van der Waals surface area contributed by atoms with Gasteiger partial charge in [-0.1, -0.05) is 78.9 Å². The number of alkyl halides is 3. The molecule has 0 aromatic heterocycles. The first-order valence-corrected chi connectivity index (χ1v) is 11.7. The summed E-state index contributed by atoms with van der Waals surface area (Å²) in [6.45, 7) is -0.0539. The molecule has 0 bridgehead atoms. The van der Waals surface area contributed by atoms with Gasteiger partial charge in [0.25, 0.3) is 5.91 Å². The van der Waals surface area contributed by atoms with Gasteiger partial charge >= 0.3 is 12.1 Å². The van der Waals surface area contributed by atoms with E-state index >= 15 is 0 Å². The van der Waals surface area contributed by atoms with E-state index in [9.17, 15) is 27.9 Å². The van der Waals surface area contributed by atoms with E-state index in [2.05, 4.69) is 5.32 Å². The predicted octanol–water partition coefficient (Wildman–Crippen LogP) is 6.44. The highest BCUT2D eigenvalue weighted by atomic mass is 19.4. The number of aliphatic carboxylic acids is 1. The zero-order chi connectivity index (χ0) is 27.1. The van der Waals surface area contributed by atoms with E-state index in [1.54, 1.807) is 12.1 Å². The highest BCUT2D eigenvalue weighted by Gasteiger charge is 2.30. The van der Waals surface area contributed by atoms with Crippen LogP contribution in [0.3, 0.4) is 0 Å². The summed E-state index contributed by atoms with van der Waals surface area (Å²) in [7, 11) is 0. The quantitative estimate of drug-likeness (QED) is 0.267. The maximum atomic E-state index is 12.8. The maximum Gasteiger partial charge on any atom is 0.416 e. The number of hydrogen-bond acceptors (Lipinski definition) is 3. The Kier molecular flexibility index (Phi) is 8.23. The molecule has 2 N–H and O–H groups in total. The Labute approximate surface area is 217 Å². The molecule has 0 aliphatic heterocycles. The van der Waals surface area contributed by atoms with Crippen LogP contribution < -0.4 is 5.32 Å². The summed E-state index contributed by atoms with van der Waals surface area (Å²) in [4.78, 5) is 24.3. The van der Waals surface area contributed by atoms with Crippen LogP contribution in [-0.4, -0.2) is 29.6 Å². The smallest absolute Gasteiger partial charge is 0.416 e. The lowest BCUT2D eigenvalue weighted by Gasteiger charge is -2.15. The number of rotatable bonds is 9. The van der Waals surface area contributed by atoms with Gasteiger partial charge in [0.05, 0.1) is 18.8 Å². The van der Waals surface area contributed by atoms with Gasteiger partial charge in [-0.3, -0.25) is 4.79 Å². The minimum Gasteiger partial charge on any atom is -0.480 e. The minimum absolute atomic E-state index is 0.177. The van der Waals surface area contributed by atoms with E-state index in [1.165, 1.54) is 24.3 Å². The highest BCUT2D eigenvalue weighted by Crippen LogP contribution is 2.31. The molecule has 4 rings (SSSR count). The van der Waals surface area contributed by atoms with Crippen LogP contribution in [0.4, 0.5) is 13.2 Å². The summed E-state index contributed by atoms with van der Waals surface area (Å²) in [5, 5.41) is 12.0. The SMILES string of the molecule is O=C(NC(COCc1ccc(-c2ccccc2)cc1)C(=O)O)c1ccc(-c2ccc(C(F)(F)F)cc2)cc1. The molecule has 0 saturated carbocycles. The number of amides is 1. The van der Waals surface area contributed by atoms with Crippen molar-refractivity contribution in [2.75, 3.05) is 6.61 Å². The van der Waals surface area contributed by atoms with Crippen LogP contribution in [-0.2, 0) is 22.3 Å². The van der Waals surface area contributed by atoms with Gasteiger partial charge in [0.1, 0.15) is 0 Å². The third-order valence-electron chi connectivity index (χ3n) is 5.91. The lowest BCUT2D eigenvalue weighted by Crippen LogP contribution is -2.44. The second kappa shape index (κ2) is 11.7. The monoisotopic (exact) mass is 519 g/mol. The van der Waals surface area contributed by atoms with Gasteiger partial charge in [0.2, 0.25) is 0 Å². The van der Waals surface area contributed by atoms with Crippen LogP contribution in [0.1, 0.15) is 21.5 Å². The van der Waals surface area contributed by atoms with Crippen LogP contribution in [0.15, 0.2) is 103 Å². The number of ether oxygens (including phenoxy) is 1. The largest absolute Gasteiger partial charge is 0.480 e. The summed E-state index contributed by atoms with van der Waals surface area (Å²) in [6.07, 6.45) is -4.42. The standard InChI is InChI=1S/C30H24F3NO4/c31-30(32,33)26-16-14-24(15-17-26)23-10-12-25(13-11-23)28(35)34-27(29(36)37)19-38-18-20-6-8-22(9-7-20)21-4-2-1-3-5-21/h1-17,27H,18-19H2,(H,34,35)(H,36,37). The lowest BCUT2D eigenvalue weighted by atomic mass is 10.0. The number of carboxylic acids is 1. The highest BCUT2D eigenvalue weighted by molar-refractivity contribution is 5.97. The average Bonchev–Trinajstić information content (AvgIpc) is 2.93. The van der Waals surface area contributed by atoms with Crippen molar-refractivity contribution < 1.29 is 32.6 Å². The van der Waals surface area contributed by atoms with Crippen molar-refractivity contribution in [3.63, 3.8) is 0 Å². The van der Waals surface area contributed by atoms with Crippen molar-refractivity contribution in [2.24, 2.45) is 0 Å². The first-order chi connectivity index (χ1) is 18.2. The van der Waals surface area contributed by atoms with Gasteiger partial charge in [-0.15, -0.1) is 0 Å². The molecule has 4 aromatic carbocycles. The molecule has 0 saturated heterocycles. The molecule has 194 valence electrons. The fraction of sp³-hybridized carbons (Fsp3) is 0.133. The number of hydrogen-bond donors (Lipinski definition) is 2. The Balaban J connectivity index is 1.32. The predicted molar refractivity (Wildman–Crippen MR) is 137 cm³/mol. The van der Waals surface area contributed by atoms with Crippen LogP contribution in [0.25, 0.3) is 22.3 Å². The summed E-state index contributed by atoms with van der Waals surface area (Å²) in [6, 6.07) is 27.1. The molecule has 0 aliphatic rings. The van der Waals surface area contributed by atoms with Crippen LogP contribution >= 0.6 is 0 Å². The summed E-state index contributed by atoms with van der Waals surface area (Å²) < 4.78 is 43.9. The zero-order valence-electron chi connectivity index (χ0n) is 20.1. The normalized spacial score (nSPS) is 12.1. The fourth-order valence-electron chi connectivity index (χ4n) is 3.80. The van der Waals surface area contributed by atoms with Crippen molar-refractivity contribution in [1.29, 1.82) is 0 Å². The number of nitrogens with one attached hydrogen (secondary N) is 1. The maximum absolute atomic E-state index is 12.8. The first kappa shape index (κ1) is 26.6. The van der Waals surface area contributed by atoms with Crippen molar-refractivity contribution in [3.8, 4) is 22.3 Å². The molecule has 0 heterocycles. The third-order valence-corrected chi connectivity index (χ3v) is 5.91. The van der Waals surface area contributed by atoms with E-state index in [1.807, 2.05) is 54.6 Å². The topological polar surface area (TPSA) is 75.6 Å². The molecule has 0 fully saturated rings. The van der Waals surface area contributed by atoms with E-state index in [0.29, 0.717) is 11.1 Å². The molecule has 0 radical (unpaired) electrons. The molecule has 8 heteroatoms. The van der Waals surface area contributed by atoms with Gasteiger partial charge in [-0.2, -0.15) is 13.2 Å². The third kappa shape index (κ3) is 6.86. The van der Waals surface area contributed by atoms with Crippen LogP contribution in [0.2, 0.25) is 0 Å². The molecule has 5 nitrogen and oxygen atoms in total. The van der Waals surface area contributed by atoms with E-state index in [-0.39, 0.29) is 18.8 Å². The number of carbonyl (C=O) groups excluding carboxylic acids is 1. The van der Waals surface area contributed by atoms with Crippen molar-refractivity contribution in [1.82, 2.24) is 5.32 Å². The van der Waals surface area contributed by atoms with E-state index in [4.69, 9.17) is 4.74 Å². The van der Waals surface area contributed by atoms with Gasteiger partial charge in [0, 0.05) is 5.56 Å². The Morgan fingerprint density at radius 1 is 0.737 bits per heavy atom. The Hall–Kier alpha value is -4.43. The number of carboxylic acid groups (broad SMARTS) is 1. The van der Waals surface area contributed by atoms with Crippen LogP contribution in [0.5, 0.6) is 0 Å². The van der Waals surface area contributed by atoms with Crippen LogP contribution in [0, 0.1) is 0 Å². The average molecular weight is 520 g/mol. The Bertz CT molecular complexity index is 1370. The fourth-order valence-corrected chi connectivity index (χ4v) is 3.80. The molecule has 1 unspecified atom stereocenters. The minimum atomic E-state index is -4.42. The van der Waals surface area contributed by atoms with Crippen molar-refractivity contribution in [2.45, 2.75) is 18.8 Å². The van der Waals surface area contributed by atoms with Gasteiger partial charge in [0.15, 0.2) is 6.04 Å². The molecular formula is C30H24F3NO4. The lowest BCUT2D eigenvalue weighted by molar-refractivity contribution is -0.141. The first-order valence-electron chi connectivity index (χ1n) is 11.7. The molecule has 0 spiro atoms. The molecule has 4 aromatic rings. The summed E-state index contributed by atoms with van der Waals surface area (Å²) in [5.74, 6) is -1.84. The molecular weight excluding hydrogens is 495 g/mol. The van der Waals surface area contributed by atoms with E-state index in [0.717, 1.165) is 28.8 Å². The molecule has 1 atom stereocenters. The number of benzene rings is 4. The molecule has 38 heavy (non-hydrogen) atoms. The Morgan fingerprint density at radius 2 is 1.24 bits per heavy atom. The van der Waals surface area contributed by atoms with Gasteiger partial charge in [-0.25, -0.2) is 4.79 Å². The van der Waals surface area contributed by atoms with Gasteiger partial charge < -0.3 is 15.2 Å². The van der Waals surface area contributed by atoms with Crippen molar-refractivity contribution >= 4 is 11.9 Å². The van der Waals surface area contributed by atoms with Gasteiger partial charge in [-0.05, 0) is 52.1 Å². The zero-order valence-corrected chi connectivity index (χ0v) is 20.1. The second-order valence-corrected chi connectivity index (χ2v) is 8.59. The summed E-state index contributed by atoms with van der Waals surface area (Å²) in [5.41, 5.74) is 3.63. The molecule has 0 aliphatic carbocycles. The molecule has 1 amide bonds. The van der Waals surface area contributed by atoms with E-state index < -0.39 is 29.7 Å². The number of halogens is 3. The second-order valence-electron chi connectivity index (χ2n) is 8.59.